The molecule has 8 heteroatoms. The van der Waals surface area contributed by atoms with E-state index in [0.717, 1.165) is 36.8 Å². The first-order chi connectivity index (χ1) is 15.8. The third-order valence-corrected chi connectivity index (χ3v) is 7.80. The summed E-state index contributed by atoms with van der Waals surface area (Å²) in [6.45, 7) is 2.07. The van der Waals surface area contributed by atoms with Crippen LogP contribution in [0.5, 0.6) is 0 Å². The molecule has 1 aliphatic rings. The highest BCUT2D eigenvalue weighted by Crippen LogP contribution is 2.25. The van der Waals surface area contributed by atoms with E-state index in [0.29, 0.717) is 20.8 Å². The van der Waals surface area contributed by atoms with Crippen molar-refractivity contribution < 1.29 is 9.59 Å². The van der Waals surface area contributed by atoms with E-state index in [1.165, 1.54) is 18.2 Å². The molecule has 0 aliphatic heterocycles. The van der Waals surface area contributed by atoms with Gasteiger partial charge in [0.25, 0.3) is 0 Å². The summed E-state index contributed by atoms with van der Waals surface area (Å²) >= 11 is 19.8. The van der Waals surface area contributed by atoms with Crippen LogP contribution < -0.4 is 5.32 Å². The van der Waals surface area contributed by atoms with Gasteiger partial charge in [0.2, 0.25) is 11.8 Å². The van der Waals surface area contributed by atoms with Gasteiger partial charge in [-0.3, -0.25) is 9.59 Å². The quantitative estimate of drug-likeness (QED) is 0.392. The molecule has 3 rings (SSSR count). The van der Waals surface area contributed by atoms with Crippen molar-refractivity contribution in [3.8, 4) is 0 Å². The highest BCUT2D eigenvalue weighted by atomic mass is 35.5. The molecule has 1 unspecified atom stereocenters. The summed E-state index contributed by atoms with van der Waals surface area (Å²) in [5.74, 6) is 0.708. The fraction of sp³-hybridized carbons (Fsp3) is 0.440. The van der Waals surface area contributed by atoms with Gasteiger partial charge in [-0.05, 0) is 55.2 Å². The molecule has 1 N–H and O–H groups in total. The van der Waals surface area contributed by atoms with Crippen molar-refractivity contribution in [2.45, 2.75) is 63.4 Å². The Morgan fingerprint density at radius 3 is 2.48 bits per heavy atom. The molecule has 2 aromatic carbocycles. The van der Waals surface area contributed by atoms with Gasteiger partial charge in [0, 0.05) is 23.4 Å². The zero-order valence-corrected chi connectivity index (χ0v) is 21.7. The van der Waals surface area contributed by atoms with Gasteiger partial charge in [-0.25, -0.2) is 0 Å². The van der Waals surface area contributed by atoms with Gasteiger partial charge in [-0.1, -0.05) is 72.3 Å². The Morgan fingerprint density at radius 2 is 1.79 bits per heavy atom. The Morgan fingerprint density at radius 1 is 1.03 bits per heavy atom. The van der Waals surface area contributed by atoms with Crippen LogP contribution in [0.25, 0.3) is 0 Å². The predicted octanol–water partition coefficient (Wildman–Crippen LogP) is 6.75. The van der Waals surface area contributed by atoms with Crippen LogP contribution in [0.3, 0.4) is 0 Å². The second-order valence-corrected chi connectivity index (χ2v) is 10.6. The highest BCUT2D eigenvalue weighted by molar-refractivity contribution is 7.99. The van der Waals surface area contributed by atoms with E-state index in [9.17, 15) is 9.59 Å². The molecular formula is C25H29Cl3N2O2S. The lowest BCUT2D eigenvalue weighted by atomic mass is 9.95. The van der Waals surface area contributed by atoms with Gasteiger partial charge >= 0.3 is 0 Å². The van der Waals surface area contributed by atoms with E-state index >= 15 is 0 Å². The van der Waals surface area contributed by atoms with Crippen molar-refractivity contribution in [3.05, 3.63) is 68.7 Å². The summed E-state index contributed by atoms with van der Waals surface area (Å²) < 4.78 is 0. The Kier molecular flexibility index (Phi) is 10.2. The Balaban J connectivity index is 1.68. The number of hydrogen-bond donors (Lipinski definition) is 1. The van der Waals surface area contributed by atoms with Crippen molar-refractivity contribution in [2.75, 3.05) is 5.75 Å². The molecule has 0 aromatic heterocycles. The lowest BCUT2D eigenvalue weighted by Crippen LogP contribution is -2.50. The minimum atomic E-state index is -0.597. The van der Waals surface area contributed by atoms with E-state index < -0.39 is 6.04 Å². The number of carbonyl (C=O) groups excluding carboxylic acids is 2. The molecule has 0 saturated heterocycles. The van der Waals surface area contributed by atoms with Gasteiger partial charge in [0.05, 0.1) is 15.8 Å². The number of nitrogens with zero attached hydrogens (tertiary/aromatic N) is 1. The Bertz CT molecular complexity index is 966. The first-order valence-electron chi connectivity index (χ1n) is 11.2. The molecule has 1 fully saturated rings. The zero-order valence-electron chi connectivity index (χ0n) is 18.7. The van der Waals surface area contributed by atoms with Gasteiger partial charge in [-0.15, -0.1) is 11.8 Å². The van der Waals surface area contributed by atoms with Gasteiger partial charge in [0.1, 0.15) is 6.04 Å². The van der Waals surface area contributed by atoms with Crippen LogP contribution in [0, 0.1) is 0 Å². The molecule has 1 atom stereocenters. The monoisotopic (exact) mass is 526 g/mol. The number of thioether (sulfide) groups is 1. The van der Waals surface area contributed by atoms with Gasteiger partial charge < -0.3 is 10.2 Å². The number of halogens is 3. The maximum Gasteiger partial charge on any atom is 0.242 e. The van der Waals surface area contributed by atoms with Gasteiger partial charge in [-0.2, -0.15) is 0 Å². The normalized spacial score (nSPS) is 15.2. The van der Waals surface area contributed by atoms with E-state index in [1.54, 1.807) is 24.0 Å². The van der Waals surface area contributed by atoms with E-state index in [-0.39, 0.29) is 30.2 Å². The molecule has 0 radical (unpaired) electrons. The summed E-state index contributed by atoms with van der Waals surface area (Å²) in [7, 11) is 0. The Hall–Kier alpha value is -1.40. The van der Waals surface area contributed by atoms with Crippen LogP contribution in [0.2, 0.25) is 15.1 Å². The van der Waals surface area contributed by atoms with Crippen LogP contribution >= 0.6 is 46.6 Å². The maximum absolute atomic E-state index is 13.2. The standard InChI is InChI=1S/C25H29Cl3N2O2S/c1-17(25(32)29-21-8-3-2-4-9-21)30(14-18-10-11-22(27)23(28)13-18)24(31)16-33-15-19-6-5-7-20(26)12-19/h5-7,10-13,17,21H,2-4,8-9,14-16H2,1H3,(H,29,32). The highest BCUT2D eigenvalue weighted by Gasteiger charge is 2.28. The lowest BCUT2D eigenvalue weighted by molar-refractivity contribution is -0.139. The molecular weight excluding hydrogens is 499 g/mol. The number of hydrogen-bond acceptors (Lipinski definition) is 3. The predicted molar refractivity (Wildman–Crippen MR) is 139 cm³/mol. The zero-order chi connectivity index (χ0) is 23.8. The van der Waals surface area contributed by atoms with Crippen LogP contribution in [0.1, 0.15) is 50.2 Å². The lowest BCUT2D eigenvalue weighted by Gasteiger charge is -2.31. The molecule has 0 bridgehead atoms. The molecule has 33 heavy (non-hydrogen) atoms. The number of carbonyl (C=O) groups is 2. The largest absolute Gasteiger partial charge is 0.352 e. The second-order valence-electron chi connectivity index (χ2n) is 8.41. The smallest absolute Gasteiger partial charge is 0.242 e. The van der Waals surface area contributed by atoms with E-state index in [4.69, 9.17) is 34.8 Å². The summed E-state index contributed by atoms with van der Waals surface area (Å²) in [5.41, 5.74) is 1.88. The second kappa shape index (κ2) is 12.9. The molecule has 4 nitrogen and oxygen atoms in total. The third-order valence-electron chi connectivity index (χ3n) is 5.84. The fourth-order valence-electron chi connectivity index (χ4n) is 3.95. The SMILES string of the molecule is CC(C(=O)NC1CCCCC1)N(Cc1ccc(Cl)c(Cl)c1)C(=O)CSCc1cccc(Cl)c1. The van der Waals surface area contributed by atoms with Gasteiger partial charge in [0.15, 0.2) is 0 Å². The van der Waals surface area contributed by atoms with Crippen LogP contribution in [-0.4, -0.2) is 34.6 Å². The van der Waals surface area contributed by atoms with Crippen LogP contribution in [0.15, 0.2) is 42.5 Å². The minimum Gasteiger partial charge on any atom is -0.352 e. The van der Waals surface area contributed by atoms with E-state index in [2.05, 4.69) is 5.32 Å². The molecule has 2 aromatic rings. The number of rotatable bonds is 9. The Labute approximate surface area is 215 Å². The summed E-state index contributed by atoms with van der Waals surface area (Å²) in [6.07, 6.45) is 5.47. The third kappa shape index (κ3) is 8.10. The fourth-order valence-corrected chi connectivity index (χ4v) is 5.34. The molecule has 1 aliphatic carbocycles. The molecule has 0 heterocycles. The number of amides is 2. The number of benzene rings is 2. The van der Waals surface area contributed by atoms with Crippen LogP contribution in [0.4, 0.5) is 0 Å². The summed E-state index contributed by atoms with van der Waals surface area (Å²) in [6, 6.07) is 12.5. The maximum atomic E-state index is 13.2. The molecule has 1 saturated carbocycles. The van der Waals surface area contributed by atoms with Crippen molar-refractivity contribution in [2.24, 2.45) is 0 Å². The average Bonchev–Trinajstić information content (AvgIpc) is 2.80. The molecule has 2 amide bonds. The topological polar surface area (TPSA) is 49.4 Å². The first-order valence-corrected chi connectivity index (χ1v) is 13.5. The minimum absolute atomic E-state index is 0.0978. The van der Waals surface area contributed by atoms with E-state index in [1.807, 2.05) is 30.3 Å². The van der Waals surface area contributed by atoms with Crippen molar-refractivity contribution in [1.82, 2.24) is 10.2 Å². The molecule has 178 valence electrons. The van der Waals surface area contributed by atoms with Crippen molar-refractivity contribution in [3.63, 3.8) is 0 Å². The first kappa shape index (κ1) is 26.2. The van der Waals surface area contributed by atoms with Crippen LogP contribution in [-0.2, 0) is 21.9 Å². The summed E-state index contributed by atoms with van der Waals surface area (Å²) in [5, 5.41) is 4.71. The average molecular weight is 528 g/mol. The number of nitrogens with one attached hydrogen (secondary N) is 1. The summed E-state index contributed by atoms with van der Waals surface area (Å²) in [4.78, 5) is 27.9. The van der Waals surface area contributed by atoms with Crippen molar-refractivity contribution >= 4 is 58.4 Å². The van der Waals surface area contributed by atoms with Crippen molar-refractivity contribution in [1.29, 1.82) is 0 Å². The molecule has 0 spiro atoms.